The molecule has 10 heteroatoms. The molecule has 0 saturated carbocycles. The number of aromatic nitrogens is 1. The van der Waals surface area contributed by atoms with Crippen molar-refractivity contribution >= 4 is 23.9 Å². The molecule has 0 bridgehead atoms. The van der Waals surface area contributed by atoms with Crippen molar-refractivity contribution < 1.29 is 27.5 Å². The van der Waals surface area contributed by atoms with Crippen molar-refractivity contribution in [3.8, 4) is 11.1 Å². The number of rotatable bonds is 4. The zero-order chi connectivity index (χ0) is 21.5. The number of ketones is 1. The number of hydrogen-bond donors (Lipinski definition) is 2. The first-order valence-electron chi connectivity index (χ1n) is 9.19. The summed E-state index contributed by atoms with van der Waals surface area (Å²) in [6, 6.07) is 3.79. The molecule has 1 saturated heterocycles. The molecule has 2 aromatic rings. The summed E-state index contributed by atoms with van der Waals surface area (Å²) < 4.78 is 43.4. The Morgan fingerprint density at radius 1 is 1.23 bits per heavy atom. The molecule has 1 amide bonds. The predicted molar refractivity (Wildman–Crippen MR) is 103 cm³/mol. The van der Waals surface area contributed by atoms with Crippen LogP contribution in [0.25, 0.3) is 11.1 Å². The molecule has 3 heterocycles. The SMILES string of the molecule is CC1N=Cc2c(-c3ccc(C(F)(F)F)cc3)cnc(NC[C@H]3COC(=O)N3)c2C1=O. The highest BCUT2D eigenvalue weighted by molar-refractivity contribution is 6.15. The van der Waals surface area contributed by atoms with Crippen LogP contribution in [0.1, 0.15) is 28.4 Å². The van der Waals surface area contributed by atoms with Crippen LogP contribution in [0.4, 0.5) is 23.8 Å². The minimum Gasteiger partial charge on any atom is -0.447 e. The van der Waals surface area contributed by atoms with Crippen molar-refractivity contribution in [2.45, 2.75) is 25.2 Å². The molecular formula is C20H17F3N4O3. The molecule has 156 valence electrons. The number of anilines is 1. The molecular weight excluding hydrogens is 401 g/mol. The van der Waals surface area contributed by atoms with Crippen LogP contribution in [0.2, 0.25) is 0 Å². The highest BCUT2D eigenvalue weighted by atomic mass is 19.4. The summed E-state index contributed by atoms with van der Waals surface area (Å²) >= 11 is 0. The van der Waals surface area contributed by atoms with Gasteiger partial charge in [0.2, 0.25) is 0 Å². The zero-order valence-electron chi connectivity index (χ0n) is 15.8. The highest BCUT2D eigenvalue weighted by Crippen LogP contribution is 2.34. The number of nitrogens with one attached hydrogen (secondary N) is 2. The third-order valence-corrected chi connectivity index (χ3v) is 4.95. The first kappa shape index (κ1) is 19.9. The van der Waals surface area contributed by atoms with E-state index in [0.29, 0.717) is 34.6 Å². The molecule has 1 aromatic heterocycles. The van der Waals surface area contributed by atoms with Crippen LogP contribution < -0.4 is 10.6 Å². The minimum atomic E-state index is -4.43. The molecule has 30 heavy (non-hydrogen) atoms. The lowest BCUT2D eigenvalue weighted by atomic mass is 9.91. The zero-order valence-corrected chi connectivity index (χ0v) is 15.8. The second-order valence-corrected chi connectivity index (χ2v) is 7.02. The maximum atomic E-state index is 12.9. The Morgan fingerprint density at radius 3 is 2.60 bits per heavy atom. The standard InChI is InChI=1S/C20H17F3N4O3/c1-10-17(28)16-15(8-24-10)14(11-2-4-12(5-3-11)20(21,22)23)7-26-18(16)25-6-13-9-30-19(29)27-13/h2-5,7-8,10,13H,6,9H2,1H3,(H,25,26)(H,27,29)/t10?,13-/m0/s1. The van der Waals surface area contributed by atoms with Crippen molar-refractivity contribution in [1.82, 2.24) is 10.3 Å². The number of amides is 1. The number of halogens is 3. The molecule has 0 spiro atoms. The van der Waals surface area contributed by atoms with Gasteiger partial charge in [0.15, 0.2) is 5.78 Å². The van der Waals surface area contributed by atoms with Gasteiger partial charge in [-0.2, -0.15) is 13.2 Å². The predicted octanol–water partition coefficient (Wildman–Crippen LogP) is 3.29. The molecule has 7 nitrogen and oxygen atoms in total. The second-order valence-electron chi connectivity index (χ2n) is 7.02. The molecule has 1 aromatic carbocycles. The van der Waals surface area contributed by atoms with E-state index in [9.17, 15) is 22.8 Å². The fourth-order valence-corrected chi connectivity index (χ4v) is 3.33. The number of carbonyl (C=O) groups is 2. The highest BCUT2D eigenvalue weighted by Gasteiger charge is 2.31. The van der Waals surface area contributed by atoms with Crippen molar-refractivity contribution in [1.29, 1.82) is 0 Å². The van der Waals surface area contributed by atoms with Crippen LogP contribution in [-0.4, -0.2) is 48.3 Å². The topological polar surface area (TPSA) is 92.7 Å². The third-order valence-electron chi connectivity index (χ3n) is 4.95. The number of aliphatic imine (C=N–C) groups is 1. The van der Waals surface area contributed by atoms with E-state index in [1.54, 1.807) is 13.1 Å². The van der Waals surface area contributed by atoms with Gasteiger partial charge < -0.3 is 15.4 Å². The number of pyridine rings is 1. The molecule has 4 rings (SSSR count). The Balaban J connectivity index is 1.69. The van der Waals surface area contributed by atoms with Crippen molar-refractivity contribution in [3.63, 3.8) is 0 Å². The number of alkyl carbamates (subject to hydrolysis) is 1. The Kier molecular flexibility index (Phi) is 4.92. The van der Waals surface area contributed by atoms with Crippen LogP contribution in [-0.2, 0) is 10.9 Å². The van der Waals surface area contributed by atoms with Crippen LogP contribution in [0.5, 0.6) is 0 Å². The summed E-state index contributed by atoms with van der Waals surface area (Å²) in [4.78, 5) is 32.5. The first-order chi connectivity index (χ1) is 14.2. The number of benzene rings is 1. The van der Waals surface area contributed by atoms with E-state index < -0.39 is 23.9 Å². The monoisotopic (exact) mass is 418 g/mol. The number of alkyl halides is 3. The quantitative estimate of drug-likeness (QED) is 0.795. The summed E-state index contributed by atoms with van der Waals surface area (Å²) in [7, 11) is 0. The summed E-state index contributed by atoms with van der Waals surface area (Å²) in [6.45, 7) is 2.15. The number of hydrogen-bond acceptors (Lipinski definition) is 6. The van der Waals surface area contributed by atoms with E-state index in [-0.39, 0.29) is 18.4 Å². The largest absolute Gasteiger partial charge is 0.447 e. The molecule has 1 fully saturated rings. The number of fused-ring (bicyclic) bond motifs is 1. The van der Waals surface area contributed by atoms with E-state index in [2.05, 4.69) is 20.6 Å². The second kappa shape index (κ2) is 7.43. The van der Waals surface area contributed by atoms with Gasteiger partial charge in [0.25, 0.3) is 0 Å². The Morgan fingerprint density at radius 2 is 1.97 bits per heavy atom. The van der Waals surface area contributed by atoms with Gasteiger partial charge in [0.05, 0.1) is 17.2 Å². The van der Waals surface area contributed by atoms with Gasteiger partial charge in [0, 0.05) is 30.1 Å². The van der Waals surface area contributed by atoms with Crippen LogP contribution in [0, 0.1) is 0 Å². The van der Waals surface area contributed by atoms with Gasteiger partial charge in [-0.3, -0.25) is 9.79 Å². The molecule has 2 atom stereocenters. The van der Waals surface area contributed by atoms with Gasteiger partial charge in [-0.25, -0.2) is 9.78 Å². The summed E-state index contributed by atoms with van der Waals surface area (Å²) in [5.74, 6) is 0.0766. The normalized spacial score (nSPS) is 20.5. The summed E-state index contributed by atoms with van der Waals surface area (Å²) in [6.07, 6.45) is -1.91. The first-order valence-corrected chi connectivity index (χ1v) is 9.19. The van der Waals surface area contributed by atoms with Crippen molar-refractivity contribution in [2.75, 3.05) is 18.5 Å². The maximum Gasteiger partial charge on any atom is 0.416 e. The Bertz CT molecular complexity index is 1030. The lowest BCUT2D eigenvalue weighted by molar-refractivity contribution is -0.137. The molecule has 1 unspecified atom stereocenters. The maximum absolute atomic E-state index is 12.9. The average Bonchev–Trinajstić information content (AvgIpc) is 3.13. The number of Topliss-reactive ketones (excluding diaryl/α,β-unsaturated/α-hetero) is 1. The molecule has 0 radical (unpaired) electrons. The molecule has 0 aliphatic carbocycles. The molecule has 2 N–H and O–H groups in total. The van der Waals surface area contributed by atoms with Gasteiger partial charge in [-0.1, -0.05) is 12.1 Å². The van der Waals surface area contributed by atoms with Gasteiger partial charge in [0.1, 0.15) is 18.5 Å². The fourth-order valence-electron chi connectivity index (χ4n) is 3.33. The third kappa shape index (κ3) is 3.72. The van der Waals surface area contributed by atoms with Crippen LogP contribution in [0.3, 0.4) is 0 Å². The smallest absolute Gasteiger partial charge is 0.416 e. The molecule has 2 aliphatic heterocycles. The van der Waals surface area contributed by atoms with E-state index >= 15 is 0 Å². The summed E-state index contributed by atoms with van der Waals surface area (Å²) in [5.41, 5.74) is 1.04. The van der Waals surface area contributed by atoms with Crippen molar-refractivity contribution in [2.24, 2.45) is 4.99 Å². The molecule has 2 aliphatic rings. The number of cyclic esters (lactones) is 1. The lowest BCUT2D eigenvalue weighted by Gasteiger charge is -2.21. The van der Waals surface area contributed by atoms with Crippen LogP contribution in [0.15, 0.2) is 35.5 Å². The summed E-state index contributed by atoms with van der Waals surface area (Å²) in [5, 5.41) is 5.68. The lowest BCUT2D eigenvalue weighted by Crippen LogP contribution is -2.34. The van der Waals surface area contributed by atoms with Gasteiger partial charge in [-0.15, -0.1) is 0 Å². The van der Waals surface area contributed by atoms with Gasteiger partial charge >= 0.3 is 12.3 Å². The Hall–Kier alpha value is -3.43. The van der Waals surface area contributed by atoms with Crippen molar-refractivity contribution in [3.05, 3.63) is 47.2 Å². The number of carbonyl (C=O) groups excluding carboxylic acids is 2. The number of ether oxygens (including phenoxy) is 1. The minimum absolute atomic E-state index is 0.198. The number of nitrogens with zero attached hydrogens (tertiary/aromatic N) is 2. The van der Waals surface area contributed by atoms with E-state index in [1.807, 2.05) is 0 Å². The fraction of sp³-hybridized carbons (Fsp3) is 0.300. The van der Waals surface area contributed by atoms with Crippen LogP contribution >= 0.6 is 0 Å². The average molecular weight is 418 g/mol. The van der Waals surface area contributed by atoms with E-state index in [1.165, 1.54) is 18.3 Å². The van der Waals surface area contributed by atoms with E-state index in [0.717, 1.165) is 12.1 Å². The van der Waals surface area contributed by atoms with Gasteiger partial charge in [-0.05, 0) is 24.6 Å². The van der Waals surface area contributed by atoms with E-state index in [4.69, 9.17) is 4.74 Å². The Labute approximate surface area is 169 Å².